The first-order chi connectivity index (χ1) is 10.4. The van der Waals surface area contributed by atoms with Crippen LogP contribution in [-0.2, 0) is 9.53 Å². The number of carbonyl (C=O) groups excluding carboxylic acids is 3. The highest BCUT2D eigenvalue weighted by atomic mass is 32.2. The van der Waals surface area contributed by atoms with Crippen molar-refractivity contribution in [2.75, 3.05) is 12.4 Å². The molecule has 0 fully saturated rings. The van der Waals surface area contributed by atoms with Crippen LogP contribution in [0.5, 0.6) is 0 Å². The van der Waals surface area contributed by atoms with Gasteiger partial charge in [-0.1, -0.05) is 19.1 Å². The lowest BCUT2D eigenvalue weighted by atomic mass is 10.2. The Balaban J connectivity index is 2.52. The number of imide groups is 1. The van der Waals surface area contributed by atoms with Gasteiger partial charge in [0.25, 0.3) is 5.91 Å². The molecule has 0 aliphatic heterocycles. The predicted molar refractivity (Wildman–Crippen MR) is 84.9 cm³/mol. The number of carbonyl (C=O) groups is 3. The lowest BCUT2D eigenvalue weighted by Crippen LogP contribution is -2.44. The summed E-state index contributed by atoms with van der Waals surface area (Å²) in [6.07, 6.45) is 0. The molecule has 0 radical (unpaired) electrons. The Kier molecular flexibility index (Phi) is 7.45. The first kappa shape index (κ1) is 18.0. The van der Waals surface area contributed by atoms with E-state index in [1.165, 1.54) is 11.8 Å². The minimum absolute atomic E-state index is 0.0895. The maximum atomic E-state index is 12.0. The Morgan fingerprint density at radius 1 is 1.23 bits per heavy atom. The van der Waals surface area contributed by atoms with E-state index in [1.807, 2.05) is 19.1 Å². The van der Waals surface area contributed by atoms with Gasteiger partial charge in [-0.05, 0) is 31.7 Å². The Labute approximate surface area is 134 Å². The molecule has 22 heavy (non-hydrogen) atoms. The zero-order chi connectivity index (χ0) is 16.5. The smallest absolute Gasteiger partial charge is 0.339 e. The van der Waals surface area contributed by atoms with E-state index in [0.717, 1.165) is 10.6 Å². The molecule has 0 saturated carbocycles. The van der Waals surface area contributed by atoms with E-state index in [-0.39, 0.29) is 6.04 Å². The van der Waals surface area contributed by atoms with E-state index in [1.54, 1.807) is 26.0 Å². The number of thioether (sulfide) groups is 1. The number of esters is 1. The molecule has 0 atom stereocenters. The SMILES string of the molecule is CCSc1ccccc1C(=O)OCC(=O)NC(=O)NC(C)C. The maximum Gasteiger partial charge on any atom is 0.339 e. The second-order valence-electron chi connectivity index (χ2n) is 4.68. The van der Waals surface area contributed by atoms with Gasteiger partial charge in [0, 0.05) is 10.9 Å². The van der Waals surface area contributed by atoms with Gasteiger partial charge in [0.05, 0.1) is 5.56 Å². The molecule has 0 aliphatic rings. The lowest BCUT2D eigenvalue weighted by molar-refractivity contribution is -0.123. The van der Waals surface area contributed by atoms with Crippen LogP contribution in [0.15, 0.2) is 29.2 Å². The molecule has 0 heterocycles. The average molecular weight is 324 g/mol. The van der Waals surface area contributed by atoms with Crippen LogP contribution in [0, 0.1) is 0 Å². The molecule has 2 N–H and O–H groups in total. The van der Waals surface area contributed by atoms with Crippen LogP contribution in [0.3, 0.4) is 0 Å². The molecule has 6 nitrogen and oxygen atoms in total. The van der Waals surface area contributed by atoms with Crippen molar-refractivity contribution in [3.63, 3.8) is 0 Å². The summed E-state index contributed by atoms with van der Waals surface area (Å²) < 4.78 is 4.94. The Hall–Kier alpha value is -2.02. The van der Waals surface area contributed by atoms with Crippen LogP contribution in [0.1, 0.15) is 31.1 Å². The van der Waals surface area contributed by atoms with E-state index < -0.39 is 24.5 Å². The molecule has 0 spiro atoms. The Morgan fingerprint density at radius 2 is 1.91 bits per heavy atom. The fourth-order valence-corrected chi connectivity index (χ4v) is 2.38. The lowest BCUT2D eigenvalue weighted by Gasteiger charge is -2.10. The number of hydrogen-bond donors (Lipinski definition) is 2. The van der Waals surface area contributed by atoms with Crippen molar-refractivity contribution in [2.45, 2.75) is 31.7 Å². The normalized spacial score (nSPS) is 10.2. The number of benzene rings is 1. The van der Waals surface area contributed by atoms with E-state index in [9.17, 15) is 14.4 Å². The second-order valence-corrected chi connectivity index (χ2v) is 5.99. The molecule has 0 bridgehead atoms. The van der Waals surface area contributed by atoms with Crippen molar-refractivity contribution in [1.82, 2.24) is 10.6 Å². The largest absolute Gasteiger partial charge is 0.452 e. The molecule has 0 saturated heterocycles. The minimum atomic E-state index is -0.674. The van der Waals surface area contributed by atoms with Gasteiger partial charge in [-0.25, -0.2) is 9.59 Å². The summed E-state index contributed by atoms with van der Waals surface area (Å²) in [5, 5.41) is 4.59. The standard InChI is InChI=1S/C15H20N2O4S/c1-4-22-12-8-6-5-7-11(12)14(19)21-9-13(18)17-15(20)16-10(2)3/h5-8,10H,4,9H2,1-3H3,(H2,16,17,18,20). The molecule has 1 aromatic rings. The molecule has 0 aromatic heterocycles. The molecule has 7 heteroatoms. The number of ether oxygens (including phenoxy) is 1. The third-order valence-corrected chi connectivity index (χ3v) is 3.37. The summed E-state index contributed by atoms with van der Waals surface area (Å²) in [4.78, 5) is 35.6. The fourth-order valence-electron chi connectivity index (χ4n) is 1.59. The first-order valence-corrected chi connectivity index (χ1v) is 7.91. The summed E-state index contributed by atoms with van der Waals surface area (Å²) in [5.41, 5.74) is 0.411. The van der Waals surface area contributed by atoms with Gasteiger partial charge in [0.15, 0.2) is 6.61 Å². The molecule has 120 valence electrons. The fraction of sp³-hybridized carbons (Fsp3) is 0.400. The summed E-state index contributed by atoms with van der Waals surface area (Å²) in [6.45, 7) is 5.02. The van der Waals surface area contributed by atoms with Crippen LogP contribution >= 0.6 is 11.8 Å². The second kappa shape index (κ2) is 9.09. The van der Waals surface area contributed by atoms with Gasteiger partial charge >= 0.3 is 12.0 Å². The molecule has 1 rings (SSSR count). The number of hydrogen-bond acceptors (Lipinski definition) is 5. The monoisotopic (exact) mass is 324 g/mol. The third-order valence-electron chi connectivity index (χ3n) is 2.41. The molecule has 0 unspecified atom stereocenters. The van der Waals surface area contributed by atoms with Crippen LogP contribution in [0.4, 0.5) is 4.79 Å². The number of nitrogens with one attached hydrogen (secondary N) is 2. The van der Waals surface area contributed by atoms with Gasteiger partial charge in [0.2, 0.25) is 0 Å². The zero-order valence-electron chi connectivity index (χ0n) is 12.8. The Bertz CT molecular complexity index is 546. The Morgan fingerprint density at radius 3 is 2.55 bits per heavy atom. The van der Waals surface area contributed by atoms with E-state index >= 15 is 0 Å². The van der Waals surface area contributed by atoms with Crippen molar-refractivity contribution in [1.29, 1.82) is 0 Å². The van der Waals surface area contributed by atoms with Crippen molar-refractivity contribution in [3.8, 4) is 0 Å². The number of urea groups is 1. The zero-order valence-corrected chi connectivity index (χ0v) is 13.7. The van der Waals surface area contributed by atoms with Gasteiger partial charge in [-0.2, -0.15) is 0 Å². The molecule has 3 amide bonds. The van der Waals surface area contributed by atoms with Crippen molar-refractivity contribution in [2.24, 2.45) is 0 Å². The quantitative estimate of drug-likeness (QED) is 0.619. The predicted octanol–water partition coefficient (Wildman–Crippen LogP) is 2.19. The van der Waals surface area contributed by atoms with Crippen LogP contribution in [0.25, 0.3) is 0 Å². The third kappa shape index (κ3) is 6.17. The van der Waals surface area contributed by atoms with E-state index in [0.29, 0.717) is 5.56 Å². The average Bonchev–Trinajstić information content (AvgIpc) is 2.44. The number of amides is 3. The van der Waals surface area contributed by atoms with Gasteiger partial charge < -0.3 is 10.1 Å². The summed E-state index contributed by atoms with van der Waals surface area (Å²) in [6, 6.07) is 6.32. The topological polar surface area (TPSA) is 84.5 Å². The van der Waals surface area contributed by atoms with E-state index in [2.05, 4.69) is 10.6 Å². The van der Waals surface area contributed by atoms with Crippen molar-refractivity contribution in [3.05, 3.63) is 29.8 Å². The highest BCUT2D eigenvalue weighted by Crippen LogP contribution is 2.22. The summed E-state index contributed by atoms with van der Waals surface area (Å²) in [7, 11) is 0. The molecule has 0 aliphatic carbocycles. The van der Waals surface area contributed by atoms with Gasteiger partial charge in [-0.3, -0.25) is 10.1 Å². The number of rotatable bonds is 6. The van der Waals surface area contributed by atoms with Crippen molar-refractivity contribution >= 4 is 29.7 Å². The van der Waals surface area contributed by atoms with Crippen LogP contribution in [-0.4, -0.2) is 36.3 Å². The summed E-state index contributed by atoms with van der Waals surface area (Å²) in [5.74, 6) is -0.441. The molecule has 1 aromatic carbocycles. The van der Waals surface area contributed by atoms with Crippen LogP contribution in [0.2, 0.25) is 0 Å². The minimum Gasteiger partial charge on any atom is -0.452 e. The van der Waals surface area contributed by atoms with Gasteiger partial charge in [-0.15, -0.1) is 11.8 Å². The molecular formula is C15H20N2O4S. The first-order valence-electron chi connectivity index (χ1n) is 6.93. The van der Waals surface area contributed by atoms with Crippen molar-refractivity contribution < 1.29 is 19.1 Å². The van der Waals surface area contributed by atoms with E-state index in [4.69, 9.17) is 4.74 Å². The highest BCUT2D eigenvalue weighted by Gasteiger charge is 2.15. The van der Waals surface area contributed by atoms with Crippen LogP contribution < -0.4 is 10.6 Å². The summed E-state index contributed by atoms with van der Waals surface area (Å²) >= 11 is 1.52. The molecular weight excluding hydrogens is 304 g/mol. The highest BCUT2D eigenvalue weighted by molar-refractivity contribution is 7.99. The van der Waals surface area contributed by atoms with Gasteiger partial charge in [0.1, 0.15) is 0 Å². The maximum absolute atomic E-state index is 12.0.